The summed E-state index contributed by atoms with van der Waals surface area (Å²) in [6.07, 6.45) is 14.7. The van der Waals surface area contributed by atoms with Crippen molar-refractivity contribution < 1.29 is 9.84 Å². The van der Waals surface area contributed by atoms with Crippen LogP contribution in [0.3, 0.4) is 0 Å². The molecule has 1 aromatic carbocycles. The van der Waals surface area contributed by atoms with Crippen molar-refractivity contribution in [3.05, 3.63) is 58.7 Å². The Balaban J connectivity index is 1.60. The van der Waals surface area contributed by atoms with E-state index in [-0.39, 0.29) is 5.60 Å². The van der Waals surface area contributed by atoms with Crippen molar-refractivity contribution in [1.29, 1.82) is 0 Å². The highest BCUT2D eigenvalue weighted by atomic mass is 16.5. The van der Waals surface area contributed by atoms with Gasteiger partial charge in [-0.3, -0.25) is 0 Å². The van der Waals surface area contributed by atoms with Gasteiger partial charge in [0.05, 0.1) is 0 Å². The van der Waals surface area contributed by atoms with E-state index in [1.54, 1.807) is 17.2 Å². The van der Waals surface area contributed by atoms with Crippen molar-refractivity contribution in [2.45, 2.75) is 85.2 Å². The number of hydrogen-bond acceptors (Lipinski definition) is 2. The topological polar surface area (TPSA) is 29.5 Å². The molecule has 1 aromatic rings. The van der Waals surface area contributed by atoms with Crippen LogP contribution in [0, 0.1) is 5.41 Å². The average molecular weight is 381 g/mol. The summed E-state index contributed by atoms with van der Waals surface area (Å²) < 4.78 is 6.22. The lowest BCUT2D eigenvalue weighted by Gasteiger charge is -2.35. The highest BCUT2D eigenvalue weighted by Crippen LogP contribution is 2.42. The summed E-state index contributed by atoms with van der Waals surface area (Å²) >= 11 is 0. The van der Waals surface area contributed by atoms with E-state index in [4.69, 9.17) is 4.74 Å². The lowest BCUT2D eigenvalue weighted by molar-refractivity contribution is 0.114. The van der Waals surface area contributed by atoms with Gasteiger partial charge < -0.3 is 9.84 Å². The summed E-state index contributed by atoms with van der Waals surface area (Å²) in [6.45, 7) is 11.5. The maximum atomic E-state index is 9.63. The molecule has 3 rings (SSSR count). The van der Waals surface area contributed by atoms with Gasteiger partial charge in [-0.05, 0) is 101 Å². The number of ether oxygens (including phenoxy) is 1. The summed E-state index contributed by atoms with van der Waals surface area (Å²) in [6, 6.07) is 5.38. The second-order valence-corrected chi connectivity index (χ2v) is 9.58. The number of phenolic OH excluding ortho intramolecular Hbond substituents is 1. The van der Waals surface area contributed by atoms with Crippen LogP contribution in [0.4, 0.5) is 0 Å². The van der Waals surface area contributed by atoms with E-state index < -0.39 is 0 Å². The van der Waals surface area contributed by atoms with Gasteiger partial charge in [-0.15, -0.1) is 0 Å². The zero-order valence-electron chi connectivity index (χ0n) is 18.3. The largest absolute Gasteiger partial charge is 0.508 e. The summed E-state index contributed by atoms with van der Waals surface area (Å²) in [7, 11) is 0. The van der Waals surface area contributed by atoms with Gasteiger partial charge in [0.1, 0.15) is 17.1 Å². The molecule has 0 radical (unpaired) electrons. The molecule has 152 valence electrons. The number of aryl methyl sites for hydroxylation is 1. The number of fused-ring (bicyclic) bond motifs is 1. The number of benzene rings is 1. The smallest absolute Gasteiger partial charge is 0.125 e. The van der Waals surface area contributed by atoms with Crippen LogP contribution >= 0.6 is 0 Å². The molecule has 2 aliphatic rings. The first-order valence-electron chi connectivity index (χ1n) is 10.7. The Morgan fingerprint density at radius 3 is 2.71 bits per heavy atom. The molecular formula is C26H36O2. The monoisotopic (exact) mass is 380 g/mol. The number of hydrogen-bond donors (Lipinski definition) is 1. The van der Waals surface area contributed by atoms with Crippen molar-refractivity contribution in [1.82, 2.24) is 0 Å². The molecule has 0 fully saturated rings. The predicted octanol–water partition coefficient (Wildman–Crippen LogP) is 7.29. The number of phenols is 1. The Morgan fingerprint density at radius 1 is 1.18 bits per heavy atom. The Kier molecular flexibility index (Phi) is 6.07. The Labute approximate surface area is 171 Å². The minimum absolute atomic E-state index is 0.286. The molecule has 0 amide bonds. The van der Waals surface area contributed by atoms with Gasteiger partial charge in [-0.1, -0.05) is 42.7 Å². The van der Waals surface area contributed by atoms with Crippen LogP contribution in [0.25, 0.3) is 0 Å². The van der Waals surface area contributed by atoms with E-state index in [1.165, 1.54) is 31.3 Å². The fourth-order valence-electron chi connectivity index (χ4n) is 4.71. The van der Waals surface area contributed by atoms with Crippen LogP contribution in [-0.4, -0.2) is 10.7 Å². The molecule has 0 aromatic heterocycles. The lowest BCUT2D eigenvalue weighted by atomic mass is 9.71. The van der Waals surface area contributed by atoms with E-state index in [0.717, 1.165) is 30.6 Å². The highest BCUT2D eigenvalue weighted by molar-refractivity contribution is 5.42. The van der Waals surface area contributed by atoms with Crippen LogP contribution in [0.5, 0.6) is 11.5 Å². The van der Waals surface area contributed by atoms with E-state index in [2.05, 4.69) is 52.8 Å². The standard InChI is InChI=1S/C26H36O2/c1-19(10-12-23-20(2)9-7-15-25(23,3)4)8-6-16-26(5)17-14-21-18-22(27)11-13-24(21)28-26/h6,8,11,13,16,18,27H,7,9-10,12,14-15,17H2,1-5H3/t26-/m0/s1. The van der Waals surface area contributed by atoms with Gasteiger partial charge in [0.15, 0.2) is 0 Å². The Morgan fingerprint density at radius 2 is 1.96 bits per heavy atom. The van der Waals surface area contributed by atoms with E-state index in [0.29, 0.717) is 11.2 Å². The second kappa shape index (κ2) is 8.19. The van der Waals surface area contributed by atoms with Crippen LogP contribution in [-0.2, 0) is 6.42 Å². The zero-order valence-corrected chi connectivity index (χ0v) is 18.3. The zero-order chi connectivity index (χ0) is 20.4. The highest BCUT2D eigenvalue weighted by Gasteiger charge is 2.29. The molecule has 28 heavy (non-hydrogen) atoms. The fourth-order valence-corrected chi connectivity index (χ4v) is 4.71. The summed E-state index contributed by atoms with van der Waals surface area (Å²) in [4.78, 5) is 0. The fraction of sp³-hybridized carbons (Fsp3) is 0.538. The quantitative estimate of drug-likeness (QED) is 0.429. The van der Waals surface area contributed by atoms with Gasteiger partial charge in [-0.2, -0.15) is 0 Å². The molecule has 0 unspecified atom stereocenters. The molecule has 2 heteroatoms. The Hall–Kier alpha value is -1.96. The minimum atomic E-state index is -0.286. The third kappa shape index (κ3) is 4.90. The normalized spacial score (nSPS) is 25.0. The molecule has 1 aliphatic carbocycles. The molecule has 2 nitrogen and oxygen atoms in total. The van der Waals surface area contributed by atoms with Crippen molar-refractivity contribution in [3.8, 4) is 11.5 Å². The van der Waals surface area contributed by atoms with E-state index in [9.17, 15) is 5.11 Å². The number of aromatic hydroxyl groups is 1. The molecule has 1 heterocycles. The summed E-state index contributed by atoms with van der Waals surface area (Å²) in [5.74, 6) is 1.20. The molecule has 0 spiro atoms. The lowest BCUT2D eigenvalue weighted by Crippen LogP contribution is -2.34. The molecule has 0 saturated heterocycles. The molecule has 1 aliphatic heterocycles. The minimum Gasteiger partial charge on any atom is -0.508 e. The Bertz CT molecular complexity index is 810. The van der Waals surface area contributed by atoms with E-state index >= 15 is 0 Å². The van der Waals surface area contributed by atoms with Gasteiger partial charge >= 0.3 is 0 Å². The van der Waals surface area contributed by atoms with Crippen molar-refractivity contribution in [2.24, 2.45) is 5.41 Å². The SMILES string of the molecule is CC(=CC=C[C@@]1(C)CCc2cc(O)ccc2O1)CCC1=C(C)CCCC1(C)C. The molecular weight excluding hydrogens is 344 g/mol. The molecule has 0 bridgehead atoms. The van der Waals surface area contributed by atoms with Crippen molar-refractivity contribution in [3.63, 3.8) is 0 Å². The number of rotatable bonds is 5. The maximum Gasteiger partial charge on any atom is 0.125 e. The maximum absolute atomic E-state index is 9.63. The van der Waals surface area contributed by atoms with Crippen LogP contribution in [0.2, 0.25) is 0 Å². The molecule has 1 N–H and O–H groups in total. The van der Waals surface area contributed by atoms with Crippen molar-refractivity contribution in [2.75, 3.05) is 0 Å². The first-order valence-corrected chi connectivity index (χ1v) is 10.7. The van der Waals surface area contributed by atoms with Crippen molar-refractivity contribution >= 4 is 0 Å². The van der Waals surface area contributed by atoms with Crippen LogP contribution < -0.4 is 4.74 Å². The first-order chi connectivity index (χ1) is 13.2. The third-order valence-corrected chi connectivity index (χ3v) is 6.56. The van der Waals surface area contributed by atoms with Gasteiger partial charge in [0.25, 0.3) is 0 Å². The van der Waals surface area contributed by atoms with Gasteiger partial charge in [-0.25, -0.2) is 0 Å². The average Bonchev–Trinajstić information content (AvgIpc) is 2.61. The second-order valence-electron chi connectivity index (χ2n) is 9.58. The van der Waals surface area contributed by atoms with E-state index in [1.807, 2.05) is 12.1 Å². The molecule has 1 atom stereocenters. The first kappa shape index (κ1) is 20.8. The predicted molar refractivity (Wildman–Crippen MR) is 118 cm³/mol. The van der Waals surface area contributed by atoms with Crippen LogP contribution in [0.1, 0.15) is 78.7 Å². The van der Waals surface area contributed by atoms with Gasteiger partial charge in [0, 0.05) is 0 Å². The summed E-state index contributed by atoms with van der Waals surface area (Å²) in [5.41, 5.74) is 5.89. The number of allylic oxidation sites excluding steroid dienone is 5. The van der Waals surface area contributed by atoms with Crippen LogP contribution in [0.15, 0.2) is 53.1 Å². The molecule has 0 saturated carbocycles. The van der Waals surface area contributed by atoms with Gasteiger partial charge in [0.2, 0.25) is 0 Å². The third-order valence-electron chi connectivity index (χ3n) is 6.56. The summed E-state index contributed by atoms with van der Waals surface area (Å²) in [5, 5.41) is 9.63.